The van der Waals surface area contributed by atoms with Crippen LogP contribution in [0.1, 0.15) is 62.0 Å². The first kappa shape index (κ1) is 18.0. The van der Waals surface area contributed by atoms with Gasteiger partial charge in [0.2, 0.25) is 0 Å². The van der Waals surface area contributed by atoms with Crippen LogP contribution in [0.5, 0.6) is 5.75 Å². The molecule has 0 atom stereocenters. The quantitative estimate of drug-likeness (QED) is 0.774. The van der Waals surface area contributed by atoms with E-state index in [0.29, 0.717) is 11.8 Å². The number of carbonyl (C=O) groups is 1. The Bertz CT molecular complexity index is 584. The lowest BCUT2D eigenvalue weighted by Gasteiger charge is -2.27. The van der Waals surface area contributed by atoms with Gasteiger partial charge in [0.05, 0.1) is 5.56 Å². The summed E-state index contributed by atoms with van der Waals surface area (Å²) >= 11 is 0. The minimum absolute atomic E-state index is 0.0707. The number of unbranched alkanes of at least 4 members (excludes halogenated alkanes) is 1. The molecule has 2 rings (SSSR count). The fourth-order valence-electron chi connectivity index (χ4n) is 2.17. The predicted molar refractivity (Wildman–Crippen MR) is 92.6 cm³/mol. The first-order chi connectivity index (χ1) is 10.5. The van der Waals surface area contributed by atoms with Crippen LogP contribution in [-0.4, -0.2) is 11.4 Å². The van der Waals surface area contributed by atoms with Crippen molar-refractivity contribution in [3.63, 3.8) is 0 Å². The Labute approximate surface area is 133 Å². The maximum Gasteiger partial charge on any atom is 0.153 e. The summed E-state index contributed by atoms with van der Waals surface area (Å²) in [5.41, 5.74) is 1.85. The van der Waals surface area contributed by atoms with Crippen LogP contribution < -0.4 is 0 Å². The van der Waals surface area contributed by atoms with Crippen molar-refractivity contribution in [3.05, 3.63) is 65.2 Å². The van der Waals surface area contributed by atoms with E-state index in [4.69, 9.17) is 0 Å². The summed E-state index contributed by atoms with van der Waals surface area (Å²) in [6.07, 6.45) is 3.32. The topological polar surface area (TPSA) is 37.3 Å². The lowest BCUT2D eigenvalue weighted by Crippen LogP contribution is -2.19. The van der Waals surface area contributed by atoms with Gasteiger partial charge in [0, 0.05) is 11.0 Å². The average Bonchev–Trinajstić information content (AvgIpc) is 2.56. The zero-order valence-corrected chi connectivity index (χ0v) is 14.0. The second-order valence-corrected chi connectivity index (χ2v) is 5.85. The summed E-state index contributed by atoms with van der Waals surface area (Å²) < 4.78 is 0. The molecule has 0 aliphatic carbocycles. The molecule has 0 bridgehead atoms. The van der Waals surface area contributed by atoms with Gasteiger partial charge in [0.25, 0.3) is 0 Å². The van der Waals surface area contributed by atoms with Gasteiger partial charge >= 0.3 is 0 Å². The van der Waals surface area contributed by atoms with Crippen LogP contribution in [0.2, 0.25) is 0 Å². The normalized spacial score (nSPS) is 10.5. The van der Waals surface area contributed by atoms with E-state index < -0.39 is 0 Å². The number of aromatic hydroxyl groups is 1. The molecule has 0 saturated heterocycles. The Balaban J connectivity index is 0.000000541. The number of aldehydes is 1. The number of phenols is 1. The van der Waals surface area contributed by atoms with Crippen LogP contribution in [0.3, 0.4) is 0 Å². The van der Waals surface area contributed by atoms with E-state index in [1.165, 1.54) is 12.8 Å². The minimum Gasteiger partial charge on any atom is -0.507 e. The number of hydrogen-bond donors (Lipinski definition) is 1. The molecule has 1 N–H and O–H groups in total. The van der Waals surface area contributed by atoms with E-state index in [-0.39, 0.29) is 11.2 Å². The van der Waals surface area contributed by atoms with Gasteiger partial charge in [-0.3, -0.25) is 4.79 Å². The molecule has 0 fully saturated rings. The molecule has 118 valence electrons. The summed E-state index contributed by atoms with van der Waals surface area (Å²) in [7, 11) is 0. The molecule has 0 amide bonds. The van der Waals surface area contributed by atoms with Gasteiger partial charge in [-0.1, -0.05) is 83.0 Å². The lowest BCUT2D eigenvalue weighted by molar-refractivity contribution is 0.112. The van der Waals surface area contributed by atoms with E-state index in [1.807, 2.05) is 50.2 Å². The monoisotopic (exact) mass is 298 g/mol. The summed E-state index contributed by atoms with van der Waals surface area (Å²) in [6, 6.07) is 15.2. The maximum absolute atomic E-state index is 10.9. The summed E-state index contributed by atoms with van der Waals surface area (Å²) in [5, 5.41) is 10.2. The maximum atomic E-state index is 10.9. The van der Waals surface area contributed by atoms with Crippen LogP contribution >= 0.6 is 0 Å². The first-order valence-electron chi connectivity index (χ1n) is 7.82. The molecule has 0 unspecified atom stereocenters. The highest BCUT2D eigenvalue weighted by Crippen LogP contribution is 2.37. The van der Waals surface area contributed by atoms with Crippen LogP contribution in [0.4, 0.5) is 0 Å². The first-order valence-corrected chi connectivity index (χ1v) is 7.82. The molecular formula is C20H26O2. The summed E-state index contributed by atoms with van der Waals surface area (Å²) in [5.74, 6) is 0.0707. The molecule has 2 nitrogen and oxygen atoms in total. The molecule has 0 saturated carbocycles. The standard InChI is InChI=1S/C16H16O2.C4H10/c1-16(2,13-8-4-3-5-9-13)14-10-6-7-12(11-17)15(14)18;1-3-4-2/h3-11,18H,1-2H3;3-4H2,1-2H3. The van der Waals surface area contributed by atoms with Crippen LogP contribution in [0, 0.1) is 0 Å². The number of hydrogen-bond acceptors (Lipinski definition) is 2. The molecule has 2 heteroatoms. The number of rotatable bonds is 4. The van der Waals surface area contributed by atoms with Gasteiger partial charge in [0.1, 0.15) is 5.75 Å². The van der Waals surface area contributed by atoms with Gasteiger partial charge in [-0.2, -0.15) is 0 Å². The van der Waals surface area contributed by atoms with Crippen molar-refractivity contribution in [2.24, 2.45) is 0 Å². The number of benzene rings is 2. The second-order valence-electron chi connectivity index (χ2n) is 5.85. The summed E-state index contributed by atoms with van der Waals surface area (Å²) in [6.45, 7) is 8.43. The Hall–Kier alpha value is -2.09. The Morgan fingerprint density at radius 3 is 2.05 bits per heavy atom. The van der Waals surface area contributed by atoms with Gasteiger partial charge in [-0.15, -0.1) is 0 Å². The fourth-order valence-corrected chi connectivity index (χ4v) is 2.17. The van der Waals surface area contributed by atoms with Gasteiger partial charge < -0.3 is 5.11 Å². The van der Waals surface area contributed by atoms with Gasteiger partial charge in [0.15, 0.2) is 6.29 Å². The highest BCUT2D eigenvalue weighted by molar-refractivity contribution is 5.80. The molecule has 2 aromatic rings. The SMILES string of the molecule is CC(C)(c1ccccc1)c1cccc(C=O)c1O.CCCC. The molecule has 0 radical (unpaired) electrons. The highest BCUT2D eigenvalue weighted by atomic mass is 16.3. The number of carbonyl (C=O) groups excluding carboxylic acids is 1. The predicted octanol–water partition coefficient (Wildman–Crippen LogP) is 5.34. The third kappa shape index (κ3) is 4.20. The molecule has 2 aromatic carbocycles. The Kier molecular flexibility index (Phi) is 6.84. The van der Waals surface area contributed by atoms with Crippen LogP contribution in [0.25, 0.3) is 0 Å². The van der Waals surface area contributed by atoms with E-state index in [2.05, 4.69) is 13.8 Å². The molecule has 22 heavy (non-hydrogen) atoms. The van der Waals surface area contributed by atoms with E-state index >= 15 is 0 Å². The fraction of sp³-hybridized carbons (Fsp3) is 0.350. The van der Waals surface area contributed by atoms with Crippen LogP contribution in [0.15, 0.2) is 48.5 Å². The van der Waals surface area contributed by atoms with E-state index in [9.17, 15) is 9.90 Å². The second kappa shape index (κ2) is 8.38. The molecular weight excluding hydrogens is 272 g/mol. The number of para-hydroxylation sites is 1. The largest absolute Gasteiger partial charge is 0.507 e. The van der Waals surface area contributed by atoms with Crippen molar-refractivity contribution in [1.29, 1.82) is 0 Å². The number of phenolic OH excluding ortho intramolecular Hbond substituents is 1. The van der Waals surface area contributed by atoms with E-state index in [0.717, 1.165) is 11.1 Å². The van der Waals surface area contributed by atoms with E-state index in [1.54, 1.807) is 12.1 Å². The van der Waals surface area contributed by atoms with Crippen molar-refractivity contribution in [2.45, 2.75) is 46.0 Å². The Morgan fingerprint density at radius 2 is 1.55 bits per heavy atom. The van der Waals surface area contributed by atoms with Crippen molar-refractivity contribution >= 4 is 6.29 Å². The smallest absolute Gasteiger partial charge is 0.153 e. The minimum atomic E-state index is -0.343. The molecule has 0 spiro atoms. The van der Waals surface area contributed by atoms with Crippen molar-refractivity contribution in [1.82, 2.24) is 0 Å². The van der Waals surface area contributed by atoms with Crippen molar-refractivity contribution < 1.29 is 9.90 Å². The summed E-state index contributed by atoms with van der Waals surface area (Å²) in [4.78, 5) is 10.9. The van der Waals surface area contributed by atoms with Gasteiger partial charge in [-0.25, -0.2) is 0 Å². The van der Waals surface area contributed by atoms with Gasteiger partial charge in [-0.05, 0) is 11.6 Å². The molecule has 0 aliphatic rings. The van der Waals surface area contributed by atoms with Crippen molar-refractivity contribution in [3.8, 4) is 5.75 Å². The molecule has 0 aromatic heterocycles. The third-order valence-electron chi connectivity index (χ3n) is 3.86. The zero-order chi connectivity index (χ0) is 16.6. The molecule has 0 heterocycles. The average molecular weight is 298 g/mol. The highest BCUT2D eigenvalue weighted by Gasteiger charge is 2.26. The zero-order valence-electron chi connectivity index (χ0n) is 14.0. The van der Waals surface area contributed by atoms with Crippen molar-refractivity contribution in [2.75, 3.05) is 0 Å². The third-order valence-corrected chi connectivity index (χ3v) is 3.86. The Morgan fingerprint density at radius 1 is 0.955 bits per heavy atom. The molecule has 0 aliphatic heterocycles. The lowest BCUT2D eigenvalue weighted by atomic mass is 9.77. The van der Waals surface area contributed by atoms with Crippen LogP contribution in [-0.2, 0) is 5.41 Å².